The van der Waals surface area contributed by atoms with Crippen LogP contribution in [0.15, 0.2) is 36.4 Å². The smallest absolute Gasteiger partial charge is 0.416 e. The summed E-state index contributed by atoms with van der Waals surface area (Å²) in [6.45, 7) is 1.33. The molecule has 2 aliphatic rings. The summed E-state index contributed by atoms with van der Waals surface area (Å²) in [5, 5.41) is 3.07. The summed E-state index contributed by atoms with van der Waals surface area (Å²) >= 11 is 0. The van der Waals surface area contributed by atoms with E-state index in [4.69, 9.17) is 9.47 Å². The van der Waals surface area contributed by atoms with E-state index in [0.717, 1.165) is 11.6 Å². The third-order valence-corrected chi connectivity index (χ3v) is 4.95. The molecule has 0 bridgehead atoms. The summed E-state index contributed by atoms with van der Waals surface area (Å²) < 4.78 is 63.3. The maximum Gasteiger partial charge on any atom is 0.416 e. The Morgan fingerprint density at radius 3 is 2.71 bits per heavy atom. The van der Waals surface area contributed by atoms with Gasteiger partial charge in [-0.15, -0.1) is 0 Å². The summed E-state index contributed by atoms with van der Waals surface area (Å²) in [5.41, 5.74) is 6.35. The van der Waals surface area contributed by atoms with E-state index in [-0.39, 0.29) is 30.9 Å². The highest BCUT2D eigenvalue weighted by atomic mass is 19.4. The van der Waals surface area contributed by atoms with E-state index in [0.29, 0.717) is 30.7 Å². The highest BCUT2D eigenvalue weighted by Crippen LogP contribution is 2.36. The lowest BCUT2D eigenvalue weighted by molar-refractivity contribution is -0.138. The van der Waals surface area contributed by atoms with Gasteiger partial charge in [-0.2, -0.15) is 13.2 Å². The molecule has 0 saturated carbocycles. The average Bonchev–Trinajstić information content (AvgIpc) is 3.30. The molecule has 0 radical (unpaired) electrons. The van der Waals surface area contributed by atoms with Crippen molar-refractivity contribution in [3.05, 3.63) is 58.9 Å². The molecule has 2 atom stereocenters. The Bertz CT molecular complexity index is 860. The summed E-state index contributed by atoms with van der Waals surface area (Å²) in [5.74, 6) is 0.581. The number of hydrogen-bond donors (Lipinski definition) is 3. The minimum atomic E-state index is -4.59. The van der Waals surface area contributed by atoms with Crippen LogP contribution in [-0.4, -0.2) is 19.9 Å². The van der Waals surface area contributed by atoms with Gasteiger partial charge >= 0.3 is 6.18 Å². The van der Waals surface area contributed by atoms with E-state index in [1.54, 1.807) is 0 Å². The lowest BCUT2D eigenvalue weighted by atomic mass is 9.94. The Balaban J connectivity index is 1.41. The molecular formula is C19H19F4N3O2. The van der Waals surface area contributed by atoms with Gasteiger partial charge in [0.1, 0.15) is 5.82 Å². The van der Waals surface area contributed by atoms with Crippen LogP contribution in [0.4, 0.5) is 17.6 Å². The van der Waals surface area contributed by atoms with Gasteiger partial charge in [0.05, 0.1) is 11.6 Å². The second-order valence-electron chi connectivity index (χ2n) is 6.81. The Hall–Kier alpha value is -2.36. The molecule has 1 fully saturated rings. The molecule has 2 aromatic rings. The number of hydrogen-bond acceptors (Lipinski definition) is 5. The van der Waals surface area contributed by atoms with Gasteiger partial charge < -0.3 is 14.8 Å². The molecule has 3 N–H and O–H groups in total. The molecule has 0 spiro atoms. The van der Waals surface area contributed by atoms with Crippen LogP contribution in [0, 0.1) is 11.7 Å². The molecule has 2 heterocycles. The highest BCUT2D eigenvalue weighted by Gasteiger charge is 2.34. The van der Waals surface area contributed by atoms with Gasteiger partial charge in [-0.3, -0.25) is 5.43 Å². The van der Waals surface area contributed by atoms with Gasteiger partial charge in [-0.05, 0) is 35.4 Å². The largest absolute Gasteiger partial charge is 0.454 e. The van der Waals surface area contributed by atoms with E-state index in [1.165, 1.54) is 6.07 Å². The third-order valence-electron chi connectivity index (χ3n) is 4.95. The Morgan fingerprint density at radius 2 is 1.89 bits per heavy atom. The van der Waals surface area contributed by atoms with E-state index in [1.807, 2.05) is 18.2 Å². The van der Waals surface area contributed by atoms with Crippen LogP contribution in [0.5, 0.6) is 11.5 Å². The van der Waals surface area contributed by atoms with E-state index >= 15 is 0 Å². The molecule has 2 aliphatic heterocycles. The Labute approximate surface area is 159 Å². The molecule has 0 aliphatic carbocycles. The molecule has 4 rings (SSSR count). The number of benzene rings is 2. The maximum absolute atomic E-state index is 13.2. The fourth-order valence-corrected chi connectivity index (χ4v) is 3.55. The zero-order valence-electron chi connectivity index (χ0n) is 14.8. The van der Waals surface area contributed by atoms with Crippen molar-refractivity contribution in [1.29, 1.82) is 0 Å². The van der Waals surface area contributed by atoms with Crippen molar-refractivity contribution in [3.8, 4) is 11.5 Å². The van der Waals surface area contributed by atoms with Gasteiger partial charge in [0, 0.05) is 25.6 Å². The lowest BCUT2D eigenvalue weighted by Crippen LogP contribution is -2.29. The first kappa shape index (κ1) is 19.0. The van der Waals surface area contributed by atoms with Crippen LogP contribution in [-0.2, 0) is 12.7 Å². The van der Waals surface area contributed by atoms with Gasteiger partial charge in [0.25, 0.3) is 0 Å². The molecule has 0 aromatic heterocycles. The van der Waals surface area contributed by atoms with Crippen LogP contribution in [0.25, 0.3) is 0 Å². The fraction of sp³-hybridized carbons (Fsp3) is 0.368. The Morgan fingerprint density at radius 1 is 1.07 bits per heavy atom. The van der Waals surface area contributed by atoms with Gasteiger partial charge in [-0.1, -0.05) is 12.1 Å². The number of ether oxygens (including phenoxy) is 2. The maximum atomic E-state index is 13.2. The van der Waals surface area contributed by atoms with E-state index in [9.17, 15) is 17.6 Å². The molecular weight excluding hydrogens is 378 g/mol. The minimum Gasteiger partial charge on any atom is -0.454 e. The van der Waals surface area contributed by atoms with Crippen LogP contribution in [0.1, 0.15) is 22.7 Å². The molecule has 28 heavy (non-hydrogen) atoms. The van der Waals surface area contributed by atoms with Gasteiger partial charge in [0.2, 0.25) is 6.79 Å². The standard InChI is InChI=1S/C19H19F4N3O2/c20-14-3-1-12(15(6-14)19(21,22)23)7-24-8-13-9-25-26-18(13)11-2-4-16-17(5-11)28-10-27-16/h1-6,13,18,24-26H,7-10H2. The first-order valence-electron chi connectivity index (χ1n) is 8.86. The zero-order chi connectivity index (χ0) is 19.7. The minimum absolute atomic E-state index is 0.000514. The second-order valence-corrected chi connectivity index (χ2v) is 6.81. The summed E-state index contributed by atoms with van der Waals surface area (Å²) in [4.78, 5) is 0. The SMILES string of the molecule is Fc1ccc(CNCC2CNNC2c2ccc3c(c2)OCO3)c(C(F)(F)F)c1. The van der Waals surface area contributed by atoms with Crippen LogP contribution in [0.2, 0.25) is 0 Å². The summed E-state index contributed by atoms with van der Waals surface area (Å²) in [6.07, 6.45) is -4.59. The Kier molecular flexibility index (Phi) is 5.13. The predicted octanol–water partition coefficient (Wildman–Crippen LogP) is 3.13. The van der Waals surface area contributed by atoms with Crippen molar-refractivity contribution in [2.45, 2.75) is 18.8 Å². The van der Waals surface area contributed by atoms with Crippen molar-refractivity contribution in [2.75, 3.05) is 19.9 Å². The average molecular weight is 397 g/mol. The quantitative estimate of drug-likeness (QED) is 0.677. The van der Waals surface area contributed by atoms with Crippen LogP contribution < -0.4 is 25.6 Å². The number of hydrazine groups is 1. The number of nitrogens with one attached hydrogen (secondary N) is 3. The number of halogens is 4. The number of rotatable bonds is 5. The lowest BCUT2D eigenvalue weighted by Gasteiger charge is -2.20. The zero-order valence-corrected chi connectivity index (χ0v) is 14.8. The highest BCUT2D eigenvalue weighted by molar-refractivity contribution is 5.45. The van der Waals surface area contributed by atoms with E-state index < -0.39 is 17.6 Å². The summed E-state index contributed by atoms with van der Waals surface area (Å²) in [7, 11) is 0. The fourth-order valence-electron chi connectivity index (χ4n) is 3.55. The van der Waals surface area contributed by atoms with Crippen molar-refractivity contribution >= 4 is 0 Å². The van der Waals surface area contributed by atoms with E-state index in [2.05, 4.69) is 16.2 Å². The molecule has 2 aromatic carbocycles. The van der Waals surface area contributed by atoms with Crippen molar-refractivity contribution in [3.63, 3.8) is 0 Å². The third kappa shape index (κ3) is 3.91. The monoisotopic (exact) mass is 397 g/mol. The van der Waals surface area contributed by atoms with Crippen molar-refractivity contribution in [2.24, 2.45) is 5.92 Å². The van der Waals surface area contributed by atoms with Crippen molar-refractivity contribution in [1.82, 2.24) is 16.2 Å². The van der Waals surface area contributed by atoms with Crippen LogP contribution in [0.3, 0.4) is 0 Å². The molecule has 9 heteroatoms. The second kappa shape index (κ2) is 7.57. The first-order valence-corrected chi connectivity index (χ1v) is 8.86. The molecule has 1 saturated heterocycles. The molecule has 5 nitrogen and oxygen atoms in total. The number of alkyl halides is 3. The predicted molar refractivity (Wildman–Crippen MR) is 93.0 cm³/mol. The van der Waals surface area contributed by atoms with Gasteiger partial charge in [-0.25, -0.2) is 9.82 Å². The number of fused-ring (bicyclic) bond motifs is 1. The normalized spacial score (nSPS) is 21.3. The molecule has 2 unspecified atom stereocenters. The first-order chi connectivity index (χ1) is 13.4. The molecule has 150 valence electrons. The van der Waals surface area contributed by atoms with Gasteiger partial charge in [0.15, 0.2) is 11.5 Å². The molecule has 0 amide bonds. The summed E-state index contributed by atoms with van der Waals surface area (Å²) in [6, 6.07) is 8.40. The topological polar surface area (TPSA) is 54.5 Å². The van der Waals surface area contributed by atoms with Crippen molar-refractivity contribution < 1.29 is 27.0 Å². The van der Waals surface area contributed by atoms with Crippen LogP contribution >= 0.6 is 0 Å².